The van der Waals surface area contributed by atoms with E-state index < -0.39 is 0 Å². The Kier molecular flexibility index (Phi) is 3.75. The van der Waals surface area contributed by atoms with Crippen LogP contribution in [0.2, 0.25) is 0 Å². The summed E-state index contributed by atoms with van der Waals surface area (Å²) in [7, 11) is 0. The van der Waals surface area contributed by atoms with Gasteiger partial charge in [0, 0.05) is 18.0 Å². The van der Waals surface area contributed by atoms with Gasteiger partial charge in [-0.1, -0.05) is 11.2 Å². The lowest BCUT2D eigenvalue weighted by Crippen LogP contribution is -1.98. The van der Waals surface area contributed by atoms with E-state index in [-0.39, 0.29) is 0 Å². The van der Waals surface area contributed by atoms with E-state index in [9.17, 15) is 0 Å². The normalized spacial score (nSPS) is 10.8. The van der Waals surface area contributed by atoms with Crippen LogP contribution in [0.1, 0.15) is 16.8 Å². The lowest BCUT2D eigenvalue weighted by atomic mass is 10.1. The molecule has 0 aliphatic rings. The van der Waals surface area contributed by atoms with Gasteiger partial charge in [0.1, 0.15) is 0 Å². The van der Waals surface area contributed by atoms with Crippen molar-refractivity contribution in [1.29, 1.82) is 0 Å². The minimum absolute atomic E-state index is 0.740. The second-order valence-electron chi connectivity index (χ2n) is 3.59. The van der Waals surface area contributed by atoms with Gasteiger partial charge in [-0.15, -0.1) is 0 Å². The number of aromatic nitrogens is 3. The summed E-state index contributed by atoms with van der Waals surface area (Å²) in [6.45, 7) is 0. The van der Waals surface area contributed by atoms with Crippen LogP contribution in [0.3, 0.4) is 0 Å². The highest BCUT2D eigenvalue weighted by atomic mass is 16.4. The van der Waals surface area contributed by atoms with Crippen molar-refractivity contribution in [2.45, 2.75) is 12.8 Å². The first-order valence-corrected chi connectivity index (χ1v) is 5.26. The van der Waals surface area contributed by atoms with Crippen LogP contribution in [0.25, 0.3) is 0 Å². The van der Waals surface area contributed by atoms with E-state index in [1.807, 2.05) is 24.4 Å². The van der Waals surface area contributed by atoms with Gasteiger partial charge in [-0.25, -0.2) is 0 Å². The molecule has 0 amide bonds. The van der Waals surface area contributed by atoms with Crippen molar-refractivity contribution in [2.24, 2.45) is 5.16 Å². The Morgan fingerprint density at radius 1 is 1.29 bits per heavy atom. The van der Waals surface area contributed by atoms with E-state index in [4.69, 9.17) is 5.21 Å². The average Bonchev–Trinajstić information content (AvgIpc) is 2.39. The SMILES string of the molecule is ON=Cc1cnnc(CCc2cccnc2)c1. The van der Waals surface area contributed by atoms with Gasteiger partial charge in [0.15, 0.2) is 0 Å². The van der Waals surface area contributed by atoms with Crippen LogP contribution in [-0.4, -0.2) is 26.6 Å². The highest BCUT2D eigenvalue weighted by molar-refractivity contribution is 5.78. The largest absolute Gasteiger partial charge is 0.411 e. The molecule has 0 aliphatic carbocycles. The fourth-order valence-electron chi connectivity index (χ4n) is 1.51. The van der Waals surface area contributed by atoms with E-state index in [1.54, 1.807) is 12.4 Å². The number of pyridine rings is 1. The summed E-state index contributed by atoms with van der Waals surface area (Å²) in [6.07, 6.45) is 8.12. The number of rotatable bonds is 4. The van der Waals surface area contributed by atoms with E-state index >= 15 is 0 Å². The first kappa shape index (κ1) is 11.2. The summed E-state index contributed by atoms with van der Waals surface area (Å²) in [4.78, 5) is 4.05. The Morgan fingerprint density at radius 2 is 2.24 bits per heavy atom. The molecule has 0 aromatic carbocycles. The maximum atomic E-state index is 8.43. The fraction of sp³-hybridized carbons (Fsp3) is 0.167. The molecule has 0 radical (unpaired) electrons. The highest BCUT2D eigenvalue weighted by Crippen LogP contribution is 2.04. The molecular weight excluding hydrogens is 216 g/mol. The highest BCUT2D eigenvalue weighted by Gasteiger charge is 1.99. The smallest absolute Gasteiger partial charge is 0.0750 e. The van der Waals surface area contributed by atoms with Crippen molar-refractivity contribution >= 4 is 6.21 Å². The van der Waals surface area contributed by atoms with Crippen LogP contribution in [0, 0.1) is 0 Å². The average molecular weight is 228 g/mol. The third kappa shape index (κ3) is 3.34. The van der Waals surface area contributed by atoms with Crippen LogP contribution in [0.15, 0.2) is 41.9 Å². The van der Waals surface area contributed by atoms with E-state index in [0.29, 0.717) is 0 Å². The number of aryl methyl sites for hydroxylation is 2. The zero-order valence-corrected chi connectivity index (χ0v) is 9.19. The molecule has 2 aromatic heterocycles. The van der Waals surface area contributed by atoms with Crippen LogP contribution < -0.4 is 0 Å². The Balaban J connectivity index is 2.02. The molecule has 2 rings (SSSR count). The van der Waals surface area contributed by atoms with Crippen LogP contribution in [0.5, 0.6) is 0 Å². The van der Waals surface area contributed by atoms with Gasteiger partial charge in [0.05, 0.1) is 18.1 Å². The minimum Gasteiger partial charge on any atom is -0.411 e. The van der Waals surface area contributed by atoms with Gasteiger partial charge in [0.2, 0.25) is 0 Å². The predicted molar refractivity (Wildman–Crippen MR) is 63.1 cm³/mol. The van der Waals surface area contributed by atoms with Crippen LogP contribution >= 0.6 is 0 Å². The van der Waals surface area contributed by atoms with Gasteiger partial charge in [-0.05, 0) is 30.5 Å². The number of hydrogen-bond acceptors (Lipinski definition) is 5. The zero-order valence-electron chi connectivity index (χ0n) is 9.19. The summed E-state index contributed by atoms with van der Waals surface area (Å²) < 4.78 is 0. The van der Waals surface area contributed by atoms with E-state index in [0.717, 1.165) is 29.7 Å². The molecule has 0 bridgehead atoms. The van der Waals surface area contributed by atoms with Gasteiger partial charge in [-0.3, -0.25) is 4.98 Å². The molecule has 0 atom stereocenters. The Morgan fingerprint density at radius 3 is 3.00 bits per heavy atom. The third-order valence-electron chi connectivity index (χ3n) is 2.33. The fourth-order valence-corrected chi connectivity index (χ4v) is 1.51. The molecule has 0 saturated carbocycles. The Bertz CT molecular complexity index is 499. The first-order chi connectivity index (χ1) is 8.38. The molecule has 17 heavy (non-hydrogen) atoms. The van der Waals surface area contributed by atoms with Crippen molar-refractivity contribution in [3.05, 3.63) is 53.6 Å². The van der Waals surface area contributed by atoms with Crippen LogP contribution in [-0.2, 0) is 12.8 Å². The molecule has 86 valence electrons. The number of oxime groups is 1. The summed E-state index contributed by atoms with van der Waals surface area (Å²) in [6, 6.07) is 5.79. The summed E-state index contributed by atoms with van der Waals surface area (Å²) >= 11 is 0. The lowest BCUT2D eigenvalue weighted by molar-refractivity contribution is 0.322. The predicted octanol–water partition coefficient (Wildman–Crippen LogP) is 1.46. The monoisotopic (exact) mass is 228 g/mol. The molecular formula is C12H12N4O. The van der Waals surface area contributed by atoms with Crippen LogP contribution in [0.4, 0.5) is 0 Å². The molecule has 0 fully saturated rings. The first-order valence-electron chi connectivity index (χ1n) is 5.26. The lowest BCUT2D eigenvalue weighted by Gasteiger charge is -2.00. The molecule has 2 heterocycles. The molecule has 1 N–H and O–H groups in total. The molecule has 2 aromatic rings. The second kappa shape index (κ2) is 5.69. The molecule has 5 heteroatoms. The second-order valence-corrected chi connectivity index (χ2v) is 3.59. The van der Waals surface area contributed by atoms with E-state index in [1.165, 1.54) is 6.21 Å². The molecule has 0 unspecified atom stereocenters. The molecule has 0 saturated heterocycles. The van der Waals surface area contributed by atoms with Crippen molar-refractivity contribution < 1.29 is 5.21 Å². The van der Waals surface area contributed by atoms with Crippen molar-refractivity contribution in [2.75, 3.05) is 0 Å². The topological polar surface area (TPSA) is 71.3 Å². The molecule has 0 spiro atoms. The Hall–Kier alpha value is -2.30. The quantitative estimate of drug-likeness (QED) is 0.488. The maximum absolute atomic E-state index is 8.43. The van der Waals surface area contributed by atoms with Crippen molar-refractivity contribution in [1.82, 2.24) is 15.2 Å². The van der Waals surface area contributed by atoms with Gasteiger partial charge >= 0.3 is 0 Å². The Labute approximate surface area is 98.9 Å². The maximum Gasteiger partial charge on any atom is 0.0750 e. The van der Waals surface area contributed by atoms with E-state index in [2.05, 4.69) is 20.3 Å². The standard InChI is InChI=1S/C12H12N4O/c17-15-9-11-6-12(16-14-8-11)4-3-10-2-1-5-13-7-10/h1-2,5-9,17H,3-4H2. The molecule has 0 aliphatic heterocycles. The van der Waals surface area contributed by atoms with Crippen molar-refractivity contribution in [3.63, 3.8) is 0 Å². The van der Waals surface area contributed by atoms with Gasteiger partial charge in [0.25, 0.3) is 0 Å². The number of hydrogen-bond donors (Lipinski definition) is 1. The summed E-state index contributed by atoms with van der Waals surface area (Å²) in [5.41, 5.74) is 2.77. The summed E-state index contributed by atoms with van der Waals surface area (Å²) in [5, 5.41) is 19.3. The van der Waals surface area contributed by atoms with Gasteiger partial charge < -0.3 is 5.21 Å². The summed E-state index contributed by atoms with van der Waals surface area (Å²) in [5.74, 6) is 0. The van der Waals surface area contributed by atoms with Gasteiger partial charge in [-0.2, -0.15) is 10.2 Å². The van der Waals surface area contributed by atoms with Crippen molar-refractivity contribution in [3.8, 4) is 0 Å². The minimum atomic E-state index is 0.740. The third-order valence-corrected chi connectivity index (χ3v) is 2.33. The molecule has 5 nitrogen and oxygen atoms in total. The number of nitrogens with zero attached hydrogens (tertiary/aromatic N) is 4. The zero-order chi connectivity index (χ0) is 11.9.